The molecule has 112 valence electrons. The van der Waals surface area contributed by atoms with Gasteiger partial charge in [-0.15, -0.1) is 5.10 Å². The van der Waals surface area contributed by atoms with E-state index < -0.39 is 0 Å². The maximum Gasteiger partial charge on any atom is 0.0840 e. The summed E-state index contributed by atoms with van der Waals surface area (Å²) in [5, 5.41) is 4.28. The van der Waals surface area contributed by atoms with Gasteiger partial charge < -0.3 is 0 Å². The first kappa shape index (κ1) is 14.6. The fraction of sp³-hybridized carbons (Fsp3) is 0.500. The molecule has 2 aromatic rings. The molecule has 1 aliphatic carbocycles. The zero-order valence-electron chi connectivity index (χ0n) is 12.4. The van der Waals surface area contributed by atoms with Crippen LogP contribution >= 0.6 is 11.5 Å². The molecule has 3 rings (SSSR count). The van der Waals surface area contributed by atoms with E-state index in [9.17, 15) is 0 Å². The van der Waals surface area contributed by atoms with Crippen molar-refractivity contribution in [2.75, 3.05) is 0 Å². The highest BCUT2D eigenvalue weighted by Crippen LogP contribution is 2.41. The lowest BCUT2D eigenvalue weighted by atomic mass is 9.77. The first-order chi connectivity index (χ1) is 10.3. The van der Waals surface area contributed by atoms with Crippen molar-refractivity contribution in [3.8, 4) is 0 Å². The van der Waals surface area contributed by atoms with Crippen molar-refractivity contribution in [1.82, 2.24) is 15.0 Å². The Hall–Kier alpha value is -1.30. The molecule has 4 nitrogen and oxygen atoms in total. The van der Waals surface area contributed by atoms with E-state index in [1.165, 1.54) is 41.9 Å². The average Bonchev–Trinajstić information content (AvgIpc) is 2.88. The first-order valence-corrected chi connectivity index (χ1v) is 8.48. The third kappa shape index (κ3) is 2.86. The molecule has 1 heterocycles. The lowest BCUT2D eigenvalue weighted by Gasteiger charge is -2.30. The van der Waals surface area contributed by atoms with E-state index in [-0.39, 0.29) is 6.04 Å². The fourth-order valence-corrected chi connectivity index (χ4v) is 3.79. The Morgan fingerprint density at radius 3 is 2.86 bits per heavy atom. The van der Waals surface area contributed by atoms with E-state index in [0.717, 1.165) is 23.4 Å². The van der Waals surface area contributed by atoms with E-state index in [1.54, 1.807) is 0 Å². The summed E-state index contributed by atoms with van der Waals surface area (Å²) in [6, 6.07) is 8.66. The van der Waals surface area contributed by atoms with E-state index in [0.29, 0.717) is 5.92 Å². The molecule has 21 heavy (non-hydrogen) atoms. The highest BCUT2D eigenvalue weighted by molar-refractivity contribution is 7.05. The van der Waals surface area contributed by atoms with E-state index in [2.05, 4.69) is 46.2 Å². The second-order valence-corrected chi connectivity index (χ2v) is 6.48. The van der Waals surface area contributed by atoms with Crippen LogP contribution in [0, 0.1) is 0 Å². The predicted molar refractivity (Wildman–Crippen MR) is 86.1 cm³/mol. The molecule has 0 amide bonds. The van der Waals surface area contributed by atoms with Gasteiger partial charge in [-0.3, -0.25) is 5.84 Å². The van der Waals surface area contributed by atoms with Gasteiger partial charge in [0.2, 0.25) is 0 Å². The quantitative estimate of drug-likeness (QED) is 0.635. The number of nitrogens with zero attached hydrogens (tertiary/aromatic N) is 2. The summed E-state index contributed by atoms with van der Waals surface area (Å²) in [4.78, 5) is 1.16. The maximum atomic E-state index is 5.89. The second-order valence-electron chi connectivity index (χ2n) is 5.69. The SMILES string of the molecule is CCCc1nnsc1C(NN)c1ccccc1C1CCC1. The number of rotatable bonds is 6. The number of hydrogen-bond donors (Lipinski definition) is 2. The Morgan fingerprint density at radius 2 is 2.19 bits per heavy atom. The molecule has 5 heteroatoms. The second kappa shape index (κ2) is 6.64. The summed E-state index contributed by atoms with van der Waals surface area (Å²) in [6.07, 6.45) is 5.94. The van der Waals surface area contributed by atoms with Gasteiger partial charge in [0.25, 0.3) is 0 Å². The molecule has 1 aromatic carbocycles. The van der Waals surface area contributed by atoms with Crippen LogP contribution in [-0.4, -0.2) is 9.59 Å². The minimum atomic E-state index is 0.00310. The molecule has 1 unspecified atom stereocenters. The zero-order valence-corrected chi connectivity index (χ0v) is 13.2. The van der Waals surface area contributed by atoms with Crippen molar-refractivity contribution in [2.24, 2.45) is 5.84 Å². The zero-order chi connectivity index (χ0) is 14.7. The summed E-state index contributed by atoms with van der Waals surface area (Å²) in [5.41, 5.74) is 6.79. The Labute approximate surface area is 129 Å². The van der Waals surface area contributed by atoms with Crippen LogP contribution in [0.2, 0.25) is 0 Å². The summed E-state index contributed by atoms with van der Waals surface area (Å²) < 4.78 is 4.14. The Balaban J connectivity index is 1.98. The van der Waals surface area contributed by atoms with Crippen molar-refractivity contribution >= 4 is 11.5 Å². The molecule has 1 atom stereocenters. The van der Waals surface area contributed by atoms with Gasteiger partial charge in [0.1, 0.15) is 0 Å². The third-order valence-electron chi connectivity index (χ3n) is 4.35. The van der Waals surface area contributed by atoms with Crippen LogP contribution in [-0.2, 0) is 6.42 Å². The molecule has 0 bridgehead atoms. The molecule has 1 fully saturated rings. The highest BCUT2D eigenvalue weighted by atomic mass is 32.1. The van der Waals surface area contributed by atoms with Crippen LogP contribution in [0.25, 0.3) is 0 Å². The average molecular weight is 302 g/mol. The number of nitrogens with two attached hydrogens (primary N) is 1. The fourth-order valence-electron chi connectivity index (χ4n) is 3.02. The van der Waals surface area contributed by atoms with Gasteiger partial charge in [0.05, 0.1) is 16.6 Å². The first-order valence-electron chi connectivity index (χ1n) is 7.71. The van der Waals surface area contributed by atoms with E-state index in [1.807, 2.05) is 0 Å². The summed E-state index contributed by atoms with van der Waals surface area (Å²) in [5.74, 6) is 6.58. The summed E-state index contributed by atoms with van der Waals surface area (Å²) >= 11 is 1.46. The molecule has 0 spiro atoms. The standard InChI is InChI=1S/C16H22N4S/c1-2-6-14-16(21-20-19-14)15(18-17)13-10-4-3-9-12(13)11-7-5-8-11/h3-4,9-11,15,18H,2,5-8,17H2,1H3. The molecule has 1 aromatic heterocycles. The molecule has 0 radical (unpaired) electrons. The molecule has 1 saturated carbocycles. The number of hydrazine groups is 1. The van der Waals surface area contributed by atoms with Crippen LogP contribution in [0.1, 0.15) is 66.3 Å². The predicted octanol–water partition coefficient (Wildman–Crippen LogP) is 3.31. The lowest BCUT2D eigenvalue weighted by molar-refractivity contribution is 0.414. The van der Waals surface area contributed by atoms with Crippen molar-refractivity contribution in [2.45, 2.75) is 51.0 Å². The highest BCUT2D eigenvalue weighted by Gasteiger charge is 2.27. The van der Waals surface area contributed by atoms with Crippen LogP contribution in [0.3, 0.4) is 0 Å². The van der Waals surface area contributed by atoms with Crippen LogP contribution in [0.15, 0.2) is 24.3 Å². The smallest absolute Gasteiger partial charge is 0.0840 e. The monoisotopic (exact) mass is 302 g/mol. The third-order valence-corrected chi connectivity index (χ3v) is 5.18. The molecule has 0 aliphatic heterocycles. The van der Waals surface area contributed by atoms with Crippen molar-refractivity contribution in [1.29, 1.82) is 0 Å². The van der Waals surface area contributed by atoms with Gasteiger partial charge in [-0.2, -0.15) is 0 Å². The molecular formula is C16H22N4S. The topological polar surface area (TPSA) is 63.8 Å². The molecule has 0 saturated heterocycles. The Kier molecular flexibility index (Phi) is 4.63. The Morgan fingerprint density at radius 1 is 1.38 bits per heavy atom. The molecule has 1 aliphatic rings. The number of benzene rings is 1. The van der Waals surface area contributed by atoms with Crippen LogP contribution in [0.5, 0.6) is 0 Å². The minimum absolute atomic E-state index is 0.00310. The lowest BCUT2D eigenvalue weighted by Crippen LogP contribution is -2.30. The minimum Gasteiger partial charge on any atom is -0.271 e. The van der Waals surface area contributed by atoms with Crippen LogP contribution in [0.4, 0.5) is 0 Å². The van der Waals surface area contributed by atoms with Gasteiger partial charge in [-0.1, -0.05) is 48.5 Å². The van der Waals surface area contributed by atoms with E-state index in [4.69, 9.17) is 5.84 Å². The van der Waals surface area contributed by atoms with Crippen molar-refractivity contribution in [3.63, 3.8) is 0 Å². The van der Waals surface area contributed by atoms with E-state index >= 15 is 0 Å². The van der Waals surface area contributed by atoms with Gasteiger partial charge in [0, 0.05) is 0 Å². The molecular weight excluding hydrogens is 280 g/mol. The van der Waals surface area contributed by atoms with Gasteiger partial charge >= 0.3 is 0 Å². The number of aromatic nitrogens is 2. The normalized spacial score (nSPS) is 16.7. The number of aryl methyl sites for hydroxylation is 1. The van der Waals surface area contributed by atoms with Crippen molar-refractivity contribution < 1.29 is 0 Å². The summed E-state index contributed by atoms with van der Waals surface area (Å²) in [7, 11) is 0. The number of hydrogen-bond acceptors (Lipinski definition) is 5. The van der Waals surface area contributed by atoms with Crippen LogP contribution < -0.4 is 11.3 Å². The Bertz CT molecular complexity index is 591. The number of nitrogens with one attached hydrogen (secondary N) is 1. The molecule has 3 N–H and O–H groups in total. The van der Waals surface area contributed by atoms with Gasteiger partial charge in [0.15, 0.2) is 0 Å². The summed E-state index contributed by atoms with van der Waals surface area (Å²) in [6.45, 7) is 2.16. The largest absolute Gasteiger partial charge is 0.271 e. The maximum absolute atomic E-state index is 5.89. The van der Waals surface area contributed by atoms with Gasteiger partial charge in [-0.25, -0.2) is 5.43 Å². The van der Waals surface area contributed by atoms with Gasteiger partial charge in [-0.05, 0) is 47.8 Å². The van der Waals surface area contributed by atoms with Crippen molar-refractivity contribution in [3.05, 3.63) is 46.0 Å².